The molecule has 2 nitrogen and oxygen atoms in total. The monoisotopic (exact) mass is 178 g/mol. The van der Waals surface area contributed by atoms with E-state index in [0.29, 0.717) is 6.42 Å². The summed E-state index contributed by atoms with van der Waals surface area (Å²) in [6.07, 6.45) is 0.680. The van der Waals surface area contributed by atoms with Gasteiger partial charge in [0.25, 0.3) is 5.92 Å². The van der Waals surface area contributed by atoms with Crippen molar-refractivity contribution in [2.75, 3.05) is 33.2 Å². The van der Waals surface area contributed by atoms with Crippen molar-refractivity contribution in [2.45, 2.75) is 18.8 Å². The number of alkyl halides is 2. The van der Waals surface area contributed by atoms with Gasteiger partial charge in [0, 0.05) is 19.5 Å². The lowest BCUT2D eigenvalue weighted by atomic mass is 10.1. The van der Waals surface area contributed by atoms with Crippen LogP contribution >= 0.6 is 0 Å². The maximum absolute atomic E-state index is 12.8. The second-order valence-electron chi connectivity index (χ2n) is 3.34. The molecule has 0 atom stereocenters. The minimum Gasteiger partial charge on any atom is -0.318 e. The van der Waals surface area contributed by atoms with Gasteiger partial charge < -0.3 is 5.32 Å². The average molecular weight is 178 g/mol. The van der Waals surface area contributed by atoms with Crippen molar-refractivity contribution in [3.63, 3.8) is 0 Å². The van der Waals surface area contributed by atoms with E-state index in [4.69, 9.17) is 0 Å². The molecule has 0 amide bonds. The van der Waals surface area contributed by atoms with Crippen LogP contribution in [0.15, 0.2) is 0 Å². The summed E-state index contributed by atoms with van der Waals surface area (Å²) in [6, 6.07) is 0. The molecule has 1 heterocycles. The molecule has 1 saturated heterocycles. The highest BCUT2D eigenvalue weighted by atomic mass is 19.3. The Kier molecular flexibility index (Phi) is 3.40. The van der Waals surface area contributed by atoms with Crippen LogP contribution < -0.4 is 5.32 Å². The molecule has 1 fully saturated rings. The summed E-state index contributed by atoms with van der Waals surface area (Å²) < 4.78 is 25.6. The molecular formula is C8H16F2N2. The van der Waals surface area contributed by atoms with Gasteiger partial charge in [-0.05, 0) is 20.0 Å². The van der Waals surface area contributed by atoms with Crippen LogP contribution in [0.2, 0.25) is 0 Å². The highest BCUT2D eigenvalue weighted by Gasteiger charge is 2.34. The van der Waals surface area contributed by atoms with E-state index in [-0.39, 0.29) is 13.0 Å². The third-order valence-corrected chi connectivity index (χ3v) is 2.15. The van der Waals surface area contributed by atoms with E-state index in [1.165, 1.54) is 0 Å². The lowest BCUT2D eigenvalue weighted by Crippen LogP contribution is -2.44. The fourth-order valence-corrected chi connectivity index (χ4v) is 1.51. The SMILES string of the molecule is CNCCN1CCCC(F)(F)C1. The second-order valence-corrected chi connectivity index (χ2v) is 3.34. The molecule has 0 aromatic heterocycles. The summed E-state index contributed by atoms with van der Waals surface area (Å²) in [5.41, 5.74) is 0. The number of piperidine rings is 1. The van der Waals surface area contributed by atoms with E-state index < -0.39 is 5.92 Å². The molecule has 0 aliphatic carbocycles. The Morgan fingerprint density at radius 1 is 1.50 bits per heavy atom. The van der Waals surface area contributed by atoms with Gasteiger partial charge in [0.05, 0.1) is 6.54 Å². The minimum atomic E-state index is -2.45. The number of likely N-dealkylation sites (tertiary alicyclic amines) is 1. The van der Waals surface area contributed by atoms with Crippen LogP contribution in [0.3, 0.4) is 0 Å². The van der Waals surface area contributed by atoms with E-state index in [1.54, 1.807) is 0 Å². The number of nitrogens with zero attached hydrogens (tertiary/aromatic N) is 1. The van der Waals surface area contributed by atoms with Crippen molar-refractivity contribution < 1.29 is 8.78 Å². The van der Waals surface area contributed by atoms with Gasteiger partial charge in [0.15, 0.2) is 0 Å². The zero-order chi connectivity index (χ0) is 9.03. The van der Waals surface area contributed by atoms with E-state index in [0.717, 1.165) is 19.6 Å². The molecule has 0 bridgehead atoms. The molecule has 0 aromatic rings. The van der Waals surface area contributed by atoms with Gasteiger partial charge in [0.2, 0.25) is 0 Å². The van der Waals surface area contributed by atoms with Crippen LogP contribution in [0.4, 0.5) is 8.78 Å². The molecule has 0 radical (unpaired) electrons. The molecule has 72 valence electrons. The van der Waals surface area contributed by atoms with Crippen molar-refractivity contribution in [1.29, 1.82) is 0 Å². The standard InChI is InChI=1S/C8H16F2N2/c1-11-4-6-12-5-2-3-8(9,10)7-12/h11H,2-7H2,1H3. The van der Waals surface area contributed by atoms with Gasteiger partial charge >= 0.3 is 0 Å². The van der Waals surface area contributed by atoms with Gasteiger partial charge in [-0.2, -0.15) is 0 Å². The number of rotatable bonds is 3. The van der Waals surface area contributed by atoms with Gasteiger partial charge in [-0.1, -0.05) is 0 Å². The van der Waals surface area contributed by atoms with Gasteiger partial charge in [-0.25, -0.2) is 8.78 Å². The number of hydrogen-bond acceptors (Lipinski definition) is 2. The summed E-state index contributed by atoms with van der Waals surface area (Å²) in [7, 11) is 1.84. The fraction of sp³-hybridized carbons (Fsp3) is 1.00. The molecule has 1 aliphatic heterocycles. The summed E-state index contributed by atoms with van der Waals surface area (Å²) >= 11 is 0. The summed E-state index contributed by atoms with van der Waals surface area (Å²) in [5, 5.41) is 2.96. The largest absolute Gasteiger partial charge is 0.318 e. The predicted octanol–water partition coefficient (Wildman–Crippen LogP) is 0.937. The molecule has 4 heteroatoms. The zero-order valence-corrected chi connectivity index (χ0v) is 7.45. The van der Waals surface area contributed by atoms with E-state index in [9.17, 15) is 8.78 Å². The molecule has 0 aromatic carbocycles. The average Bonchev–Trinajstić information content (AvgIpc) is 1.99. The first-order chi connectivity index (χ1) is 5.64. The molecular weight excluding hydrogens is 162 g/mol. The van der Waals surface area contributed by atoms with Crippen molar-refractivity contribution in [1.82, 2.24) is 10.2 Å². The number of nitrogens with one attached hydrogen (secondary N) is 1. The summed E-state index contributed by atoms with van der Waals surface area (Å²) in [5.74, 6) is -2.45. The van der Waals surface area contributed by atoms with Crippen molar-refractivity contribution in [2.24, 2.45) is 0 Å². The predicted molar refractivity (Wildman–Crippen MR) is 44.5 cm³/mol. The van der Waals surface area contributed by atoms with Gasteiger partial charge in [-0.15, -0.1) is 0 Å². The first kappa shape index (κ1) is 9.86. The van der Waals surface area contributed by atoms with Crippen LogP contribution in [0.5, 0.6) is 0 Å². The Labute approximate surface area is 71.9 Å². The Morgan fingerprint density at radius 2 is 2.25 bits per heavy atom. The second kappa shape index (κ2) is 4.14. The van der Waals surface area contributed by atoms with E-state index in [1.807, 2.05) is 11.9 Å². The first-order valence-electron chi connectivity index (χ1n) is 4.39. The summed E-state index contributed by atoms with van der Waals surface area (Å²) in [4.78, 5) is 1.82. The number of halogens is 2. The van der Waals surface area contributed by atoms with Crippen LogP contribution in [0.25, 0.3) is 0 Å². The zero-order valence-electron chi connectivity index (χ0n) is 7.45. The fourth-order valence-electron chi connectivity index (χ4n) is 1.51. The van der Waals surface area contributed by atoms with E-state index >= 15 is 0 Å². The maximum Gasteiger partial charge on any atom is 0.260 e. The quantitative estimate of drug-likeness (QED) is 0.691. The van der Waals surface area contributed by atoms with Crippen LogP contribution in [-0.4, -0.2) is 44.0 Å². The van der Waals surface area contributed by atoms with Crippen molar-refractivity contribution >= 4 is 0 Å². The molecule has 1 rings (SSSR count). The Bertz CT molecular complexity index is 139. The molecule has 0 saturated carbocycles. The van der Waals surface area contributed by atoms with Gasteiger partial charge in [0.1, 0.15) is 0 Å². The lowest BCUT2D eigenvalue weighted by Gasteiger charge is -2.32. The minimum absolute atomic E-state index is 0.0586. The molecule has 1 aliphatic rings. The van der Waals surface area contributed by atoms with Crippen molar-refractivity contribution in [3.05, 3.63) is 0 Å². The topological polar surface area (TPSA) is 15.3 Å². The maximum atomic E-state index is 12.8. The van der Waals surface area contributed by atoms with Crippen LogP contribution in [0.1, 0.15) is 12.8 Å². The molecule has 1 N–H and O–H groups in total. The molecule has 12 heavy (non-hydrogen) atoms. The number of hydrogen-bond donors (Lipinski definition) is 1. The Balaban J connectivity index is 2.26. The highest BCUT2D eigenvalue weighted by molar-refractivity contribution is 4.78. The Morgan fingerprint density at radius 3 is 2.83 bits per heavy atom. The Hall–Kier alpha value is -0.220. The molecule has 0 spiro atoms. The molecule has 0 unspecified atom stereocenters. The number of likely N-dealkylation sites (N-methyl/N-ethyl adjacent to an activating group) is 1. The third-order valence-electron chi connectivity index (χ3n) is 2.15. The van der Waals surface area contributed by atoms with E-state index in [2.05, 4.69) is 5.32 Å². The first-order valence-corrected chi connectivity index (χ1v) is 4.39. The normalized spacial score (nSPS) is 24.2. The lowest BCUT2D eigenvalue weighted by molar-refractivity contribution is -0.0633. The van der Waals surface area contributed by atoms with Crippen molar-refractivity contribution in [3.8, 4) is 0 Å². The highest BCUT2D eigenvalue weighted by Crippen LogP contribution is 2.25. The van der Waals surface area contributed by atoms with Gasteiger partial charge in [-0.3, -0.25) is 4.90 Å². The van der Waals surface area contributed by atoms with Crippen LogP contribution in [0, 0.1) is 0 Å². The third kappa shape index (κ3) is 3.03. The summed E-state index contributed by atoms with van der Waals surface area (Å²) in [6.45, 7) is 2.27. The van der Waals surface area contributed by atoms with Crippen LogP contribution in [-0.2, 0) is 0 Å². The smallest absolute Gasteiger partial charge is 0.260 e.